The summed E-state index contributed by atoms with van der Waals surface area (Å²) >= 11 is 1.93. The number of benzene rings is 1. The number of thioether (sulfide) groups is 1. The van der Waals surface area contributed by atoms with E-state index in [4.69, 9.17) is 0 Å². The number of aromatic nitrogens is 4. The van der Waals surface area contributed by atoms with Crippen molar-refractivity contribution in [2.75, 3.05) is 18.1 Å². The van der Waals surface area contributed by atoms with Crippen LogP contribution in [0.25, 0.3) is 16.9 Å². The molecule has 1 aromatic carbocycles. The zero-order valence-corrected chi connectivity index (χ0v) is 15.0. The van der Waals surface area contributed by atoms with Gasteiger partial charge in [-0.3, -0.25) is 4.79 Å². The summed E-state index contributed by atoms with van der Waals surface area (Å²) in [6.07, 6.45) is 3.90. The van der Waals surface area contributed by atoms with Gasteiger partial charge in [0.25, 0.3) is 5.91 Å². The maximum Gasteiger partial charge on any atom is 0.251 e. The number of nitrogens with one attached hydrogen (secondary N) is 1. The minimum atomic E-state index is -0.0476. The molecule has 0 saturated heterocycles. The molecule has 0 atom stereocenters. The Balaban J connectivity index is 1.59. The number of hydrogen-bond acceptors (Lipinski definition) is 5. The summed E-state index contributed by atoms with van der Waals surface area (Å²) in [4.78, 5) is 16.5. The van der Waals surface area contributed by atoms with Crippen LogP contribution < -0.4 is 5.32 Å². The van der Waals surface area contributed by atoms with Crippen molar-refractivity contribution >= 4 is 28.8 Å². The number of amides is 1. The molecule has 6 nitrogen and oxygen atoms in total. The monoisotopic (exact) mass is 355 g/mol. The Bertz CT molecular complexity index is 831. The Morgan fingerprint density at radius 2 is 2.04 bits per heavy atom. The number of carbonyl (C=O) groups is 1. The molecule has 0 fully saturated rings. The molecule has 0 aliphatic carbocycles. The van der Waals surface area contributed by atoms with Crippen LogP contribution in [-0.4, -0.2) is 43.9 Å². The molecule has 1 amide bonds. The third kappa shape index (κ3) is 4.36. The number of rotatable bonds is 8. The summed E-state index contributed by atoms with van der Waals surface area (Å²) in [7, 11) is 0. The molecule has 130 valence electrons. The second kappa shape index (κ2) is 8.62. The van der Waals surface area contributed by atoms with Gasteiger partial charge in [0.1, 0.15) is 5.52 Å². The fraction of sp³-hybridized carbons (Fsp3) is 0.333. The first-order valence-corrected chi connectivity index (χ1v) is 9.58. The van der Waals surface area contributed by atoms with Crippen molar-refractivity contribution in [3.05, 3.63) is 48.2 Å². The van der Waals surface area contributed by atoms with E-state index in [-0.39, 0.29) is 5.91 Å². The molecule has 7 heteroatoms. The van der Waals surface area contributed by atoms with E-state index in [1.54, 1.807) is 23.0 Å². The Labute approximate surface area is 151 Å². The van der Waals surface area contributed by atoms with E-state index in [1.807, 2.05) is 36.0 Å². The van der Waals surface area contributed by atoms with Crippen molar-refractivity contribution in [3.8, 4) is 5.69 Å². The molecule has 0 unspecified atom stereocenters. The van der Waals surface area contributed by atoms with Gasteiger partial charge < -0.3 is 5.32 Å². The fourth-order valence-corrected chi connectivity index (χ4v) is 3.26. The molecule has 3 rings (SSSR count). The summed E-state index contributed by atoms with van der Waals surface area (Å²) in [5, 5.41) is 11.2. The van der Waals surface area contributed by atoms with Crippen molar-refractivity contribution in [1.29, 1.82) is 0 Å². The van der Waals surface area contributed by atoms with E-state index < -0.39 is 0 Å². The molecule has 2 heterocycles. The lowest BCUT2D eigenvalue weighted by atomic mass is 10.2. The second-order valence-electron chi connectivity index (χ2n) is 5.62. The lowest BCUT2D eigenvalue weighted by molar-refractivity contribution is 0.0954. The Hall–Kier alpha value is -2.41. The van der Waals surface area contributed by atoms with Gasteiger partial charge in [-0.1, -0.05) is 12.1 Å². The smallest absolute Gasteiger partial charge is 0.251 e. The molecule has 0 aliphatic rings. The average Bonchev–Trinajstić information content (AvgIpc) is 3.08. The summed E-state index contributed by atoms with van der Waals surface area (Å²) in [6.45, 7) is 2.88. The van der Waals surface area contributed by atoms with E-state index in [2.05, 4.69) is 27.5 Å². The van der Waals surface area contributed by atoms with Crippen molar-refractivity contribution in [1.82, 2.24) is 25.3 Å². The van der Waals surface area contributed by atoms with Gasteiger partial charge in [-0.05, 0) is 60.7 Å². The first kappa shape index (κ1) is 17.4. The van der Waals surface area contributed by atoms with Crippen LogP contribution in [0.1, 0.15) is 30.1 Å². The largest absolute Gasteiger partial charge is 0.352 e. The molecular weight excluding hydrogens is 334 g/mol. The van der Waals surface area contributed by atoms with Crippen LogP contribution >= 0.6 is 11.8 Å². The fourth-order valence-electron chi connectivity index (χ4n) is 2.42. The van der Waals surface area contributed by atoms with Crippen molar-refractivity contribution in [3.63, 3.8) is 0 Å². The van der Waals surface area contributed by atoms with E-state index in [0.717, 1.165) is 23.4 Å². The number of pyridine rings is 1. The van der Waals surface area contributed by atoms with Crippen LogP contribution in [0.4, 0.5) is 0 Å². The summed E-state index contributed by atoms with van der Waals surface area (Å²) in [5.74, 6) is 2.22. The van der Waals surface area contributed by atoms with E-state index in [0.29, 0.717) is 17.8 Å². The van der Waals surface area contributed by atoms with Gasteiger partial charge in [-0.25, -0.2) is 4.98 Å². The van der Waals surface area contributed by atoms with E-state index in [9.17, 15) is 4.79 Å². The van der Waals surface area contributed by atoms with Crippen LogP contribution in [0.5, 0.6) is 0 Å². The SMILES string of the molecule is CCCSCCCNC(=O)c1ccc(-n2nnc3cccnc32)cc1. The van der Waals surface area contributed by atoms with Crippen LogP contribution in [0, 0.1) is 0 Å². The minimum absolute atomic E-state index is 0.0476. The second-order valence-corrected chi connectivity index (χ2v) is 6.84. The Morgan fingerprint density at radius 1 is 1.20 bits per heavy atom. The molecule has 0 saturated carbocycles. The number of nitrogens with zero attached hydrogens (tertiary/aromatic N) is 4. The van der Waals surface area contributed by atoms with Gasteiger partial charge in [-0.2, -0.15) is 16.4 Å². The maximum atomic E-state index is 12.2. The maximum absolute atomic E-state index is 12.2. The predicted octanol–water partition coefficient (Wildman–Crippen LogP) is 3.08. The highest BCUT2D eigenvalue weighted by Gasteiger charge is 2.09. The zero-order valence-electron chi connectivity index (χ0n) is 14.2. The molecule has 0 bridgehead atoms. The number of carbonyl (C=O) groups excluding carboxylic acids is 1. The number of hydrogen-bond donors (Lipinski definition) is 1. The van der Waals surface area contributed by atoms with Crippen LogP contribution in [-0.2, 0) is 0 Å². The van der Waals surface area contributed by atoms with E-state index in [1.165, 1.54) is 12.2 Å². The van der Waals surface area contributed by atoms with Gasteiger partial charge in [0, 0.05) is 18.3 Å². The van der Waals surface area contributed by atoms with Crippen LogP contribution in [0.3, 0.4) is 0 Å². The first-order valence-electron chi connectivity index (χ1n) is 8.42. The van der Waals surface area contributed by atoms with Gasteiger partial charge in [0.2, 0.25) is 0 Å². The van der Waals surface area contributed by atoms with Gasteiger partial charge in [-0.15, -0.1) is 5.10 Å². The molecule has 0 spiro atoms. The summed E-state index contributed by atoms with van der Waals surface area (Å²) in [6, 6.07) is 11.0. The topological polar surface area (TPSA) is 72.7 Å². The lowest BCUT2D eigenvalue weighted by Crippen LogP contribution is -2.24. The molecule has 2 aromatic heterocycles. The third-order valence-corrected chi connectivity index (χ3v) is 4.96. The molecule has 0 aliphatic heterocycles. The van der Waals surface area contributed by atoms with Crippen molar-refractivity contribution in [2.45, 2.75) is 19.8 Å². The molecule has 25 heavy (non-hydrogen) atoms. The molecule has 3 aromatic rings. The minimum Gasteiger partial charge on any atom is -0.352 e. The quantitative estimate of drug-likeness (QED) is 0.629. The van der Waals surface area contributed by atoms with Gasteiger partial charge in [0.05, 0.1) is 5.69 Å². The van der Waals surface area contributed by atoms with Gasteiger partial charge >= 0.3 is 0 Å². The van der Waals surface area contributed by atoms with E-state index >= 15 is 0 Å². The summed E-state index contributed by atoms with van der Waals surface area (Å²) in [5.41, 5.74) is 2.91. The highest BCUT2D eigenvalue weighted by atomic mass is 32.2. The highest BCUT2D eigenvalue weighted by Crippen LogP contribution is 2.14. The lowest BCUT2D eigenvalue weighted by Gasteiger charge is -2.06. The normalized spacial score (nSPS) is 10.9. The standard InChI is InChI=1S/C18H21N5OS/c1-2-12-25-13-4-11-20-18(24)14-6-8-15(9-7-14)23-17-16(21-22-23)5-3-10-19-17/h3,5-10H,2,4,11-13H2,1H3,(H,20,24). The third-order valence-electron chi connectivity index (χ3n) is 3.68. The Morgan fingerprint density at radius 3 is 2.84 bits per heavy atom. The summed E-state index contributed by atoms with van der Waals surface area (Å²) < 4.78 is 1.67. The van der Waals surface area contributed by atoms with Crippen LogP contribution in [0.15, 0.2) is 42.6 Å². The average molecular weight is 355 g/mol. The predicted molar refractivity (Wildman–Crippen MR) is 101 cm³/mol. The highest BCUT2D eigenvalue weighted by molar-refractivity contribution is 7.99. The Kier molecular flexibility index (Phi) is 6.00. The van der Waals surface area contributed by atoms with Crippen LogP contribution in [0.2, 0.25) is 0 Å². The van der Waals surface area contributed by atoms with Crippen molar-refractivity contribution < 1.29 is 4.79 Å². The molecular formula is C18H21N5OS. The van der Waals surface area contributed by atoms with Crippen molar-refractivity contribution in [2.24, 2.45) is 0 Å². The molecule has 0 radical (unpaired) electrons. The number of fused-ring (bicyclic) bond motifs is 1. The first-order chi connectivity index (χ1) is 12.3. The zero-order chi connectivity index (χ0) is 17.5. The van der Waals surface area contributed by atoms with Gasteiger partial charge in [0.15, 0.2) is 5.65 Å². The molecule has 1 N–H and O–H groups in total.